The van der Waals surface area contributed by atoms with Gasteiger partial charge in [0.15, 0.2) is 5.96 Å². The number of hydrogen-bond acceptors (Lipinski definition) is 3. The van der Waals surface area contributed by atoms with Gasteiger partial charge in [-0.15, -0.1) is 0 Å². The van der Waals surface area contributed by atoms with Gasteiger partial charge in [-0.05, 0) is 6.42 Å². The van der Waals surface area contributed by atoms with Gasteiger partial charge < -0.3 is 20.3 Å². The fourth-order valence-electron chi connectivity index (χ4n) is 2.10. The summed E-state index contributed by atoms with van der Waals surface area (Å²) in [7, 11) is 3.42. The number of carbonyl (C=O) groups is 1. The molecule has 1 amide bonds. The summed E-state index contributed by atoms with van der Waals surface area (Å²) in [6.45, 7) is 6.81. The molecule has 0 aromatic heterocycles. The van der Waals surface area contributed by atoms with Crippen LogP contribution in [0.15, 0.2) is 4.99 Å². The highest BCUT2D eigenvalue weighted by Gasteiger charge is 2.27. The molecular formula is C13H26N4O2. The highest BCUT2D eigenvalue weighted by Crippen LogP contribution is 2.12. The molecule has 110 valence electrons. The molecule has 1 aliphatic rings. The molecule has 6 heteroatoms. The van der Waals surface area contributed by atoms with Crippen molar-refractivity contribution in [3.63, 3.8) is 0 Å². The first-order chi connectivity index (χ1) is 9.08. The molecular weight excluding hydrogens is 244 g/mol. The number of likely N-dealkylation sites (tertiary alicyclic amines) is 1. The molecule has 6 nitrogen and oxygen atoms in total. The Balaban J connectivity index is 2.36. The van der Waals surface area contributed by atoms with Crippen molar-refractivity contribution in [3.05, 3.63) is 0 Å². The molecule has 19 heavy (non-hydrogen) atoms. The molecule has 0 aliphatic carbocycles. The topological polar surface area (TPSA) is 66.0 Å². The van der Waals surface area contributed by atoms with Crippen LogP contribution in [0.25, 0.3) is 0 Å². The van der Waals surface area contributed by atoms with Crippen molar-refractivity contribution >= 4 is 11.9 Å². The first kappa shape index (κ1) is 15.8. The minimum atomic E-state index is 0.0675. The second-order valence-corrected chi connectivity index (χ2v) is 5.06. The number of rotatable bonds is 5. The van der Waals surface area contributed by atoms with Gasteiger partial charge in [0.2, 0.25) is 5.91 Å². The average Bonchev–Trinajstić information content (AvgIpc) is 2.85. The maximum Gasteiger partial charge on any atom is 0.225 e. The van der Waals surface area contributed by atoms with Gasteiger partial charge in [0, 0.05) is 45.8 Å². The first-order valence-electron chi connectivity index (χ1n) is 6.83. The zero-order chi connectivity index (χ0) is 14.3. The van der Waals surface area contributed by atoms with Gasteiger partial charge in [-0.25, -0.2) is 0 Å². The van der Waals surface area contributed by atoms with Gasteiger partial charge in [0.25, 0.3) is 0 Å². The van der Waals surface area contributed by atoms with Crippen molar-refractivity contribution in [1.82, 2.24) is 15.5 Å². The van der Waals surface area contributed by atoms with Crippen molar-refractivity contribution in [3.8, 4) is 0 Å². The van der Waals surface area contributed by atoms with Crippen molar-refractivity contribution < 1.29 is 9.53 Å². The van der Waals surface area contributed by atoms with E-state index in [0.717, 1.165) is 32.0 Å². The van der Waals surface area contributed by atoms with E-state index < -0.39 is 0 Å². The number of carbonyl (C=O) groups excluding carboxylic acids is 1. The van der Waals surface area contributed by atoms with E-state index in [1.807, 2.05) is 18.7 Å². The first-order valence-corrected chi connectivity index (χ1v) is 6.83. The fourth-order valence-corrected chi connectivity index (χ4v) is 2.10. The van der Waals surface area contributed by atoms with Gasteiger partial charge in [-0.3, -0.25) is 9.79 Å². The van der Waals surface area contributed by atoms with Gasteiger partial charge >= 0.3 is 0 Å². The Morgan fingerprint density at radius 1 is 1.53 bits per heavy atom. The second kappa shape index (κ2) is 7.99. The molecule has 1 rings (SSSR count). The third-order valence-electron chi connectivity index (χ3n) is 3.16. The van der Waals surface area contributed by atoms with E-state index in [2.05, 4.69) is 15.6 Å². The minimum absolute atomic E-state index is 0.0675. The van der Waals surface area contributed by atoms with Crippen LogP contribution in [-0.4, -0.2) is 63.2 Å². The summed E-state index contributed by atoms with van der Waals surface area (Å²) in [5, 5.41) is 6.51. The summed E-state index contributed by atoms with van der Waals surface area (Å²) in [5.41, 5.74) is 0. The van der Waals surface area contributed by atoms with Crippen LogP contribution in [0.2, 0.25) is 0 Å². The lowest BCUT2D eigenvalue weighted by molar-refractivity contribution is -0.133. The van der Waals surface area contributed by atoms with Crippen LogP contribution in [-0.2, 0) is 9.53 Å². The highest BCUT2D eigenvalue weighted by molar-refractivity contribution is 5.81. The summed E-state index contributed by atoms with van der Waals surface area (Å²) in [5.74, 6) is 1.06. The normalized spacial score (nSPS) is 19.9. The molecule has 0 aromatic carbocycles. The van der Waals surface area contributed by atoms with E-state index in [1.165, 1.54) is 0 Å². The van der Waals surface area contributed by atoms with Crippen LogP contribution in [0.3, 0.4) is 0 Å². The van der Waals surface area contributed by atoms with Gasteiger partial charge in [-0.1, -0.05) is 13.8 Å². The number of hydrogen-bond donors (Lipinski definition) is 2. The number of methoxy groups -OCH3 is 1. The van der Waals surface area contributed by atoms with Crippen molar-refractivity contribution in [2.24, 2.45) is 10.9 Å². The van der Waals surface area contributed by atoms with Crippen LogP contribution in [0.4, 0.5) is 0 Å². The smallest absolute Gasteiger partial charge is 0.225 e. The van der Waals surface area contributed by atoms with Gasteiger partial charge in [0.05, 0.1) is 6.61 Å². The maximum atomic E-state index is 11.9. The SMILES string of the molecule is CN=C(NCCOC)NC1CCN(C(=O)C(C)C)C1. The van der Waals surface area contributed by atoms with Crippen LogP contribution in [0.5, 0.6) is 0 Å². The lowest BCUT2D eigenvalue weighted by atomic mass is 10.2. The number of aliphatic imine (C=N–C) groups is 1. The van der Waals surface area contributed by atoms with E-state index >= 15 is 0 Å². The van der Waals surface area contributed by atoms with E-state index in [9.17, 15) is 4.79 Å². The van der Waals surface area contributed by atoms with E-state index in [4.69, 9.17) is 4.74 Å². The predicted molar refractivity (Wildman–Crippen MR) is 76.2 cm³/mol. The summed E-state index contributed by atoms with van der Waals surface area (Å²) in [4.78, 5) is 18.0. The molecule has 2 N–H and O–H groups in total. The van der Waals surface area contributed by atoms with Crippen LogP contribution < -0.4 is 10.6 Å². The fraction of sp³-hybridized carbons (Fsp3) is 0.846. The van der Waals surface area contributed by atoms with Crippen molar-refractivity contribution in [1.29, 1.82) is 0 Å². The van der Waals surface area contributed by atoms with Crippen LogP contribution >= 0.6 is 0 Å². The largest absolute Gasteiger partial charge is 0.383 e. The second-order valence-electron chi connectivity index (χ2n) is 5.06. The summed E-state index contributed by atoms with van der Waals surface area (Å²) < 4.78 is 4.98. The Morgan fingerprint density at radius 2 is 2.26 bits per heavy atom. The summed E-state index contributed by atoms with van der Waals surface area (Å²) >= 11 is 0. The van der Waals surface area contributed by atoms with E-state index in [-0.39, 0.29) is 17.9 Å². The molecule has 1 saturated heterocycles. The van der Waals surface area contributed by atoms with Crippen LogP contribution in [0, 0.1) is 5.92 Å². The number of amides is 1. The number of guanidine groups is 1. The Labute approximate surface area is 115 Å². The third-order valence-corrected chi connectivity index (χ3v) is 3.16. The van der Waals surface area contributed by atoms with Crippen molar-refractivity contribution in [2.75, 3.05) is 40.4 Å². The van der Waals surface area contributed by atoms with Crippen molar-refractivity contribution in [2.45, 2.75) is 26.3 Å². The quantitative estimate of drug-likeness (QED) is 0.421. The monoisotopic (exact) mass is 270 g/mol. The molecule has 0 radical (unpaired) electrons. The lowest BCUT2D eigenvalue weighted by Gasteiger charge is -2.20. The summed E-state index contributed by atoms with van der Waals surface area (Å²) in [6.07, 6.45) is 0.962. The Morgan fingerprint density at radius 3 is 2.84 bits per heavy atom. The number of nitrogens with zero attached hydrogens (tertiary/aromatic N) is 2. The predicted octanol–water partition coefficient (Wildman–Crippen LogP) is 0.0547. The lowest BCUT2D eigenvalue weighted by Crippen LogP contribution is -2.46. The molecule has 0 spiro atoms. The minimum Gasteiger partial charge on any atom is -0.383 e. The van der Waals surface area contributed by atoms with Gasteiger partial charge in [0.1, 0.15) is 0 Å². The molecule has 1 aliphatic heterocycles. The van der Waals surface area contributed by atoms with Crippen LogP contribution in [0.1, 0.15) is 20.3 Å². The average molecular weight is 270 g/mol. The molecule has 1 fully saturated rings. The third kappa shape index (κ3) is 5.06. The molecule has 0 saturated carbocycles. The Kier molecular flexibility index (Phi) is 6.62. The number of ether oxygens (including phenoxy) is 1. The standard InChI is InChI=1S/C13H26N4O2/c1-10(2)12(18)17-7-5-11(9-17)16-13(14-3)15-6-8-19-4/h10-11H,5-9H2,1-4H3,(H2,14,15,16). The molecule has 0 aromatic rings. The summed E-state index contributed by atoms with van der Waals surface area (Å²) in [6, 6.07) is 0.274. The Bertz CT molecular complexity index is 318. The van der Waals surface area contributed by atoms with Gasteiger partial charge in [-0.2, -0.15) is 0 Å². The zero-order valence-corrected chi connectivity index (χ0v) is 12.4. The molecule has 1 heterocycles. The zero-order valence-electron chi connectivity index (χ0n) is 12.4. The Hall–Kier alpha value is -1.30. The molecule has 0 bridgehead atoms. The van der Waals surface area contributed by atoms with E-state index in [1.54, 1.807) is 14.2 Å². The van der Waals surface area contributed by atoms with E-state index in [0.29, 0.717) is 6.61 Å². The molecule has 1 unspecified atom stereocenters. The number of nitrogens with one attached hydrogen (secondary N) is 2. The highest BCUT2D eigenvalue weighted by atomic mass is 16.5. The maximum absolute atomic E-state index is 11.9. The molecule has 1 atom stereocenters.